The van der Waals surface area contributed by atoms with E-state index in [1.165, 1.54) is 6.33 Å². The van der Waals surface area contributed by atoms with E-state index in [0.717, 1.165) is 16.8 Å². The van der Waals surface area contributed by atoms with Crippen LogP contribution in [0.1, 0.15) is 0 Å². The Bertz CT molecular complexity index is 593. The number of anilines is 1. The number of nitrogens with zero attached hydrogens (tertiary/aromatic N) is 4. The van der Waals surface area contributed by atoms with Gasteiger partial charge in [-0.15, -0.1) is 5.10 Å². The Morgan fingerprint density at radius 3 is 2.69 bits per heavy atom. The van der Waals surface area contributed by atoms with Crippen LogP contribution in [-0.4, -0.2) is 19.7 Å². The lowest BCUT2D eigenvalue weighted by molar-refractivity contribution is 0.889. The number of hydrogen-bond acceptors (Lipinski definition) is 4. The smallest absolute Gasteiger partial charge is 0.184 e. The molecule has 0 unspecified atom stereocenters. The first-order valence-corrected chi connectivity index (χ1v) is 4.84. The van der Waals surface area contributed by atoms with Gasteiger partial charge in [-0.1, -0.05) is 0 Å². The predicted molar refractivity (Wildman–Crippen MR) is 61.1 cm³/mol. The highest BCUT2D eigenvalue weighted by Gasteiger charge is 2.02. The minimum atomic E-state index is 0.687. The Morgan fingerprint density at radius 1 is 1.12 bits per heavy atom. The van der Waals surface area contributed by atoms with Crippen LogP contribution in [0.25, 0.3) is 16.7 Å². The number of nitrogen functional groups attached to an aromatic ring is 1. The highest BCUT2D eigenvalue weighted by molar-refractivity contribution is 5.73. The van der Waals surface area contributed by atoms with Crippen LogP contribution >= 0.6 is 0 Å². The summed E-state index contributed by atoms with van der Waals surface area (Å²) in [6.45, 7) is 0. The molecule has 0 aliphatic carbocycles. The van der Waals surface area contributed by atoms with Crippen molar-refractivity contribution in [1.29, 1.82) is 0 Å². The van der Waals surface area contributed by atoms with Crippen molar-refractivity contribution >= 4 is 16.7 Å². The normalized spacial score (nSPS) is 10.8. The van der Waals surface area contributed by atoms with Crippen molar-refractivity contribution in [3.63, 3.8) is 0 Å². The standard InChI is InChI=1S/C11H9N5/c12-9-1-3-10(4-2-9)16-6-8-5-13-7-14-11(8)15-16/h1-7H,12H2. The Kier molecular flexibility index (Phi) is 1.83. The Balaban J connectivity index is 2.15. The molecule has 0 atom stereocenters. The van der Waals surface area contributed by atoms with Crippen LogP contribution in [0.3, 0.4) is 0 Å². The molecule has 16 heavy (non-hydrogen) atoms. The largest absolute Gasteiger partial charge is 0.399 e. The summed E-state index contributed by atoms with van der Waals surface area (Å²) in [6.07, 6.45) is 5.12. The molecular formula is C11H9N5. The van der Waals surface area contributed by atoms with Gasteiger partial charge in [0.05, 0.1) is 11.1 Å². The number of benzene rings is 1. The number of fused-ring (bicyclic) bond motifs is 1. The van der Waals surface area contributed by atoms with E-state index in [1.807, 2.05) is 30.5 Å². The molecular weight excluding hydrogens is 202 g/mol. The first-order valence-electron chi connectivity index (χ1n) is 4.84. The van der Waals surface area contributed by atoms with Gasteiger partial charge in [-0.05, 0) is 24.3 Å². The van der Waals surface area contributed by atoms with Gasteiger partial charge in [-0.3, -0.25) is 0 Å². The van der Waals surface area contributed by atoms with Crippen LogP contribution in [0, 0.1) is 0 Å². The van der Waals surface area contributed by atoms with Gasteiger partial charge in [-0.25, -0.2) is 14.6 Å². The summed E-state index contributed by atoms with van der Waals surface area (Å²) in [6, 6.07) is 7.50. The molecule has 0 aliphatic rings. The first kappa shape index (κ1) is 8.84. The second-order valence-corrected chi connectivity index (χ2v) is 3.47. The van der Waals surface area contributed by atoms with Crippen LogP contribution in [0.15, 0.2) is 43.0 Å². The van der Waals surface area contributed by atoms with E-state index in [2.05, 4.69) is 15.1 Å². The minimum Gasteiger partial charge on any atom is -0.399 e. The molecule has 0 fully saturated rings. The number of nitrogens with two attached hydrogens (primary N) is 1. The predicted octanol–water partition coefficient (Wildman–Crippen LogP) is 1.40. The summed E-state index contributed by atoms with van der Waals surface area (Å²) in [5.74, 6) is 0. The lowest BCUT2D eigenvalue weighted by atomic mass is 10.3. The van der Waals surface area contributed by atoms with Crippen LogP contribution in [0.2, 0.25) is 0 Å². The van der Waals surface area contributed by atoms with Crippen molar-refractivity contribution in [2.24, 2.45) is 0 Å². The second kappa shape index (κ2) is 3.30. The van der Waals surface area contributed by atoms with E-state index in [-0.39, 0.29) is 0 Å². The molecule has 3 aromatic rings. The Morgan fingerprint density at radius 2 is 1.94 bits per heavy atom. The molecule has 0 saturated heterocycles. The van der Waals surface area contributed by atoms with Gasteiger partial charge in [0.25, 0.3) is 0 Å². The van der Waals surface area contributed by atoms with E-state index in [1.54, 1.807) is 10.9 Å². The summed E-state index contributed by atoms with van der Waals surface area (Å²) in [5, 5.41) is 5.25. The van der Waals surface area contributed by atoms with E-state index in [9.17, 15) is 0 Å². The van der Waals surface area contributed by atoms with Gasteiger partial charge < -0.3 is 5.73 Å². The zero-order chi connectivity index (χ0) is 11.0. The molecule has 1 aromatic carbocycles. The molecule has 3 rings (SSSR count). The second-order valence-electron chi connectivity index (χ2n) is 3.47. The van der Waals surface area contributed by atoms with Gasteiger partial charge in [0, 0.05) is 18.1 Å². The summed E-state index contributed by atoms with van der Waals surface area (Å²) in [5.41, 5.74) is 8.00. The van der Waals surface area contributed by atoms with Crippen LogP contribution < -0.4 is 5.73 Å². The van der Waals surface area contributed by atoms with E-state index < -0.39 is 0 Å². The van der Waals surface area contributed by atoms with Crippen molar-refractivity contribution in [2.45, 2.75) is 0 Å². The molecule has 0 bridgehead atoms. The quantitative estimate of drug-likeness (QED) is 0.617. The molecule has 0 spiro atoms. The summed E-state index contributed by atoms with van der Waals surface area (Å²) < 4.78 is 1.76. The maximum Gasteiger partial charge on any atom is 0.184 e. The molecule has 2 heterocycles. The van der Waals surface area contributed by atoms with Crippen molar-refractivity contribution in [3.8, 4) is 5.69 Å². The molecule has 2 N–H and O–H groups in total. The molecule has 5 nitrogen and oxygen atoms in total. The third-order valence-corrected chi connectivity index (χ3v) is 2.34. The van der Waals surface area contributed by atoms with Gasteiger partial charge in [0.2, 0.25) is 0 Å². The molecule has 0 radical (unpaired) electrons. The average Bonchev–Trinajstić information content (AvgIpc) is 2.73. The maximum absolute atomic E-state index is 5.63. The SMILES string of the molecule is Nc1ccc(-n2cc3cncnc3n2)cc1. The van der Waals surface area contributed by atoms with Crippen LogP contribution in [0.5, 0.6) is 0 Å². The summed E-state index contributed by atoms with van der Waals surface area (Å²) in [7, 11) is 0. The van der Waals surface area contributed by atoms with Crippen molar-refractivity contribution < 1.29 is 0 Å². The Labute approximate surface area is 91.6 Å². The van der Waals surface area contributed by atoms with Crippen molar-refractivity contribution in [3.05, 3.63) is 43.0 Å². The molecule has 2 aromatic heterocycles. The highest BCUT2D eigenvalue weighted by Crippen LogP contribution is 2.13. The minimum absolute atomic E-state index is 0.687. The lowest BCUT2D eigenvalue weighted by Crippen LogP contribution is -1.94. The number of hydrogen-bond donors (Lipinski definition) is 1. The molecule has 5 heteroatoms. The van der Waals surface area contributed by atoms with Gasteiger partial charge in [0.15, 0.2) is 5.65 Å². The summed E-state index contributed by atoms with van der Waals surface area (Å²) >= 11 is 0. The van der Waals surface area contributed by atoms with Crippen LogP contribution in [0.4, 0.5) is 5.69 Å². The van der Waals surface area contributed by atoms with Crippen LogP contribution in [-0.2, 0) is 0 Å². The topological polar surface area (TPSA) is 69.6 Å². The third kappa shape index (κ3) is 1.38. The van der Waals surface area contributed by atoms with E-state index >= 15 is 0 Å². The Hall–Kier alpha value is -2.43. The van der Waals surface area contributed by atoms with Gasteiger partial charge in [0.1, 0.15) is 6.33 Å². The maximum atomic E-state index is 5.63. The first-order chi connectivity index (χ1) is 7.83. The highest BCUT2D eigenvalue weighted by atomic mass is 15.3. The fourth-order valence-corrected chi connectivity index (χ4v) is 1.53. The van der Waals surface area contributed by atoms with E-state index in [4.69, 9.17) is 5.73 Å². The molecule has 0 saturated carbocycles. The molecule has 78 valence electrons. The number of aromatic nitrogens is 4. The fourth-order valence-electron chi connectivity index (χ4n) is 1.53. The fraction of sp³-hybridized carbons (Fsp3) is 0. The third-order valence-electron chi connectivity index (χ3n) is 2.34. The lowest BCUT2D eigenvalue weighted by Gasteiger charge is -2.00. The van der Waals surface area contributed by atoms with Crippen molar-refractivity contribution in [2.75, 3.05) is 5.73 Å². The van der Waals surface area contributed by atoms with Crippen molar-refractivity contribution in [1.82, 2.24) is 19.7 Å². The van der Waals surface area contributed by atoms with Gasteiger partial charge >= 0.3 is 0 Å². The molecule has 0 aliphatic heterocycles. The average molecular weight is 211 g/mol. The molecule has 0 amide bonds. The zero-order valence-corrected chi connectivity index (χ0v) is 8.41. The number of rotatable bonds is 1. The van der Waals surface area contributed by atoms with E-state index in [0.29, 0.717) is 5.65 Å². The summed E-state index contributed by atoms with van der Waals surface area (Å²) in [4.78, 5) is 8.03. The van der Waals surface area contributed by atoms with Gasteiger partial charge in [-0.2, -0.15) is 0 Å². The zero-order valence-electron chi connectivity index (χ0n) is 8.41. The monoisotopic (exact) mass is 211 g/mol.